The molecule has 2 aromatic heterocycles. The fourth-order valence-corrected chi connectivity index (χ4v) is 6.10. The Balaban J connectivity index is 1.41. The zero-order chi connectivity index (χ0) is 29.9. The number of hydrogen-bond donors (Lipinski definition) is 2. The van der Waals surface area contributed by atoms with E-state index < -0.39 is 40.9 Å². The summed E-state index contributed by atoms with van der Waals surface area (Å²) in [6.45, 7) is 3.95. The molecule has 0 unspecified atom stereocenters. The van der Waals surface area contributed by atoms with Crippen molar-refractivity contribution >= 4 is 17.5 Å². The van der Waals surface area contributed by atoms with Crippen molar-refractivity contribution in [3.8, 4) is 11.4 Å². The van der Waals surface area contributed by atoms with Crippen LogP contribution in [0.15, 0.2) is 37.1 Å². The number of halogens is 4. The first kappa shape index (κ1) is 27.7. The number of nitrogen functional groups attached to an aromatic ring is 1. The highest BCUT2D eigenvalue weighted by atomic mass is 19.4. The third kappa shape index (κ3) is 4.47. The van der Waals surface area contributed by atoms with Crippen LogP contribution in [0, 0.1) is 5.82 Å². The lowest BCUT2D eigenvalue weighted by Gasteiger charge is -2.38. The van der Waals surface area contributed by atoms with Crippen LogP contribution >= 0.6 is 0 Å². The van der Waals surface area contributed by atoms with E-state index in [2.05, 4.69) is 11.6 Å². The molecule has 220 valence electrons. The fourth-order valence-electron chi connectivity index (χ4n) is 6.10. The minimum absolute atomic E-state index is 0.0470. The van der Waals surface area contributed by atoms with E-state index in [1.54, 1.807) is 10.7 Å². The number of phenols is 1. The van der Waals surface area contributed by atoms with E-state index in [1.165, 1.54) is 9.80 Å². The van der Waals surface area contributed by atoms with Gasteiger partial charge in [-0.3, -0.25) is 9.59 Å². The van der Waals surface area contributed by atoms with Gasteiger partial charge in [-0.1, -0.05) is 19.1 Å². The number of hydrogen-bond acceptors (Lipinski definition) is 6. The third-order valence-electron chi connectivity index (χ3n) is 8.52. The Hall–Kier alpha value is -4.42. The smallest absolute Gasteiger partial charge is 0.436 e. The number of phenolic OH excluding ortho intramolecular Hbond substituents is 1. The van der Waals surface area contributed by atoms with Crippen molar-refractivity contribution in [3.05, 3.63) is 76.6 Å². The topological polar surface area (TPSA) is 118 Å². The second-order valence-electron chi connectivity index (χ2n) is 10.8. The van der Waals surface area contributed by atoms with Gasteiger partial charge in [-0.15, -0.1) is 0 Å². The molecule has 2 aliphatic heterocycles. The maximum atomic E-state index is 14.6. The van der Waals surface area contributed by atoms with Gasteiger partial charge in [0.2, 0.25) is 5.91 Å². The summed E-state index contributed by atoms with van der Waals surface area (Å²) < 4.78 is 55.8. The SMILES string of the molecule is C=CC(=O)N1CCc2nn(-c3ccc(C4CCC4)cc3O)c3c2[C@H](C1)N(C(=O)c1cnc(C(F)(F)F)c(F)c1N)CC3. The highest BCUT2D eigenvalue weighted by Crippen LogP contribution is 2.42. The molecule has 42 heavy (non-hydrogen) atoms. The number of aromatic hydroxyl groups is 1. The van der Waals surface area contributed by atoms with E-state index in [9.17, 15) is 32.3 Å². The van der Waals surface area contributed by atoms with Crippen molar-refractivity contribution in [3.63, 3.8) is 0 Å². The van der Waals surface area contributed by atoms with Crippen LogP contribution in [0.25, 0.3) is 5.69 Å². The molecule has 0 spiro atoms. The lowest BCUT2D eigenvalue weighted by Crippen LogP contribution is -2.46. The van der Waals surface area contributed by atoms with Gasteiger partial charge in [-0.05, 0) is 42.5 Å². The number of benzene rings is 1. The molecular weight excluding hydrogens is 556 g/mol. The Labute approximate surface area is 238 Å². The minimum atomic E-state index is -5.09. The van der Waals surface area contributed by atoms with E-state index in [0.29, 0.717) is 35.5 Å². The van der Waals surface area contributed by atoms with Crippen LogP contribution in [-0.2, 0) is 23.8 Å². The molecule has 3 aliphatic rings. The summed E-state index contributed by atoms with van der Waals surface area (Å²) in [6, 6.07) is 4.79. The number of amides is 2. The standard InChI is InChI=1S/C29H28F4N6O3/c1-2-23(41)37-10-8-18-24-20(39(36-18)19-7-6-16(12-22(19)40)15-4-3-5-15)9-11-38(21(24)14-37)28(42)17-13-35-27(29(31,32)33)25(30)26(17)34/h2,6-7,12-13,15,21,40H,1,3-5,8-11,14H2,(H2,34,35)/t21-/m0/s1. The van der Waals surface area contributed by atoms with Gasteiger partial charge in [-0.25, -0.2) is 14.1 Å². The maximum absolute atomic E-state index is 14.6. The second kappa shape index (κ2) is 10.1. The molecule has 6 rings (SSSR count). The van der Waals surface area contributed by atoms with E-state index >= 15 is 0 Å². The van der Waals surface area contributed by atoms with Crippen molar-refractivity contribution in [2.24, 2.45) is 0 Å². The first-order valence-corrected chi connectivity index (χ1v) is 13.7. The number of aromatic nitrogens is 3. The molecule has 2 amide bonds. The van der Waals surface area contributed by atoms with Crippen LogP contribution in [0.4, 0.5) is 23.2 Å². The molecule has 1 fully saturated rings. The molecule has 0 saturated heterocycles. The van der Waals surface area contributed by atoms with Crippen LogP contribution in [0.3, 0.4) is 0 Å². The number of anilines is 1. The third-order valence-corrected chi connectivity index (χ3v) is 8.52. The number of pyridine rings is 1. The molecular formula is C29H28F4N6O3. The molecule has 0 bridgehead atoms. The highest BCUT2D eigenvalue weighted by molar-refractivity contribution is 5.99. The summed E-state index contributed by atoms with van der Waals surface area (Å²) in [6.07, 6.45) is 0.655. The van der Waals surface area contributed by atoms with Crippen LogP contribution in [0.1, 0.15) is 69.8 Å². The minimum Gasteiger partial charge on any atom is -0.506 e. The molecule has 3 N–H and O–H groups in total. The average Bonchev–Trinajstić information content (AvgIpc) is 3.17. The monoisotopic (exact) mass is 584 g/mol. The van der Waals surface area contributed by atoms with Gasteiger partial charge < -0.3 is 20.6 Å². The summed E-state index contributed by atoms with van der Waals surface area (Å²) in [7, 11) is 0. The predicted octanol–water partition coefficient (Wildman–Crippen LogP) is 4.29. The lowest BCUT2D eigenvalue weighted by atomic mass is 9.80. The average molecular weight is 585 g/mol. The van der Waals surface area contributed by atoms with Crippen LogP contribution < -0.4 is 5.73 Å². The molecule has 0 radical (unpaired) electrons. The Morgan fingerprint density at radius 1 is 1.17 bits per heavy atom. The van der Waals surface area contributed by atoms with Crippen molar-refractivity contribution in [1.82, 2.24) is 24.6 Å². The maximum Gasteiger partial charge on any atom is 0.436 e. The first-order valence-electron chi connectivity index (χ1n) is 13.7. The number of rotatable bonds is 4. The molecule has 13 heteroatoms. The first-order chi connectivity index (χ1) is 20.0. The Morgan fingerprint density at radius 3 is 2.57 bits per heavy atom. The second-order valence-corrected chi connectivity index (χ2v) is 10.8. The summed E-state index contributed by atoms with van der Waals surface area (Å²) in [5.74, 6) is -2.50. The van der Waals surface area contributed by atoms with Gasteiger partial charge in [0.05, 0.1) is 28.7 Å². The number of carbonyl (C=O) groups is 2. The van der Waals surface area contributed by atoms with Gasteiger partial charge in [0.1, 0.15) is 11.4 Å². The Morgan fingerprint density at radius 2 is 1.93 bits per heavy atom. The summed E-state index contributed by atoms with van der Waals surface area (Å²) in [5.41, 5.74) is 6.01. The predicted molar refractivity (Wildman–Crippen MR) is 143 cm³/mol. The summed E-state index contributed by atoms with van der Waals surface area (Å²) in [5, 5.41) is 15.8. The Kier molecular flexibility index (Phi) is 6.70. The van der Waals surface area contributed by atoms with Gasteiger partial charge in [0, 0.05) is 44.2 Å². The van der Waals surface area contributed by atoms with Crippen LogP contribution in [-0.4, -0.2) is 61.1 Å². The Bertz CT molecular complexity index is 1610. The number of carbonyl (C=O) groups excluding carboxylic acids is 2. The molecule has 1 aromatic carbocycles. The lowest BCUT2D eigenvalue weighted by molar-refractivity contribution is -0.143. The van der Waals surface area contributed by atoms with Gasteiger partial charge >= 0.3 is 6.18 Å². The zero-order valence-electron chi connectivity index (χ0n) is 22.5. The van der Waals surface area contributed by atoms with Gasteiger partial charge in [-0.2, -0.15) is 18.3 Å². The van der Waals surface area contributed by atoms with E-state index in [4.69, 9.17) is 10.8 Å². The fraction of sp³-hybridized carbons (Fsp3) is 0.379. The van der Waals surface area contributed by atoms with Gasteiger partial charge in [0.15, 0.2) is 11.5 Å². The molecule has 9 nitrogen and oxygen atoms in total. The molecule has 4 heterocycles. The van der Waals surface area contributed by atoms with Crippen molar-refractivity contribution in [1.29, 1.82) is 0 Å². The molecule has 3 aromatic rings. The number of nitrogens with two attached hydrogens (primary N) is 1. The largest absolute Gasteiger partial charge is 0.506 e. The highest BCUT2D eigenvalue weighted by Gasteiger charge is 2.42. The van der Waals surface area contributed by atoms with Crippen molar-refractivity contribution < 1.29 is 32.3 Å². The number of alkyl halides is 3. The van der Waals surface area contributed by atoms with Crippen molar-refractivity contribution in [2.75, 3.05) is 25.4 Å². The van der Waals surface area contributed by atoms with E-state index in [1.807, 2.05) is 12.1 Å². The molecule has 1 saturated carbocycles. The zero-order valence-corrected chi connectivity index (χ0v) is 22.5. The summed E-state index contributed by atoms with van der Waals surface area (Å²) in [4.78, 5) is 32.4. The number of nitrogens with zero attached hydrogens (tertiary/aromatic N) is 5. The normalized spacial score (nSPS) is 18.7. The van der Waals surface area contributed by atoms with Gasteiger partial charge in [0.25, 0.3) is 5.91 Å². The molecule has 1 atom stereocenters. The molecule has 1 aliphatic carbocycles. The summed E-state index contributed by atoms with van der Waals surface area (Å²) >= 11 is 0. The van der Waals surface area contributed by atoms with E-state index in [-0.39, 0.29) is 37.7 Å². The van der Waals surface area contributed by atoms with Crippen LogP contribution in [0.2, 0.25) is 0 Å². The quantitative estimate of drug-likeness (QED) is 0.349. The van der Waals surface area contributed by atoms with Crippen LogP contribution in [0.5, 0.6) is 5.75 Å². The van der Waals surface area contributed by atoms with E-state index in [0.717, 1.165) is 36.6 Å². The van der Waals surface area contributed by atoms with Crippen molar-refractivity contribution in [2.45, 2.75) is 50.2 Å².